The molecule has 1 aromatic heterocycles. The van der Waals surface area contributed by atoms with Crippen LogP contribution in [0.25, 0.3) is 0 Å². The van der Waals surface area contributed by atoms with Gasteiger partial charge in [-0.25, -0.2) is 0 Å². The summed E-state index contributed by atoms with van der Waals surface area (Å²) in [6.07, 6.45) is 5.84. The van der Waals surface area contributed by atoms with Gasteiger partial charge in [-0.15, -0.1) is 24.0 Å². The van der Waals surface area contributed by atoms with E-state index in [2.05, 4.69) is 20.7 Å². The Hall–Kier alpha value is -1.32. The number of hydrogen-bond donors (Lipinski definition) is 2. The quantitative estimate of drug-likeness (QED) is 0.206. The largest absolute Gasteiger partial charge is 0.466 e. The van der Waals surface area contributed by atoms with E-state index >= 15 is 0 Å². The summed E-state index contributed by atoms with van der Waals surface area (Å²) in [6.45, 7) is 4.63. The maximum atomic E-state index is 11.2. The highest BCUT2D eigenvalue weighted by atomic mass is 127. The number of rotatable bonds is 9. The molecular weight excluding hydrogens is 397 g/mol. The molecule has 0 bridgehead atoms. The summed E-state index contributed by atoms with van der Waals surface area (Å²) in [4.78, 5) is 15.3. The fraction of sp³-hybridized carbons (Fsp3) is 0.643. The van der Waals surface area contributed by atoms with E-state index in [1.807, 2.05) is 23.9 Å². The number of hydrogen-bond acceptors (Lipinski definition) is 4. The minimum Gasteiger partial charge on any atom is -0.466 e. The predicted molar refractivity (Wildman–Crippen MR) is 97.5 cm³/mol. The number of aromatic nitrogens is 2. The number of nitrogens with one attached hydrogen (secondary N) is 2. The monoisotopic (exact) mass is 423 g/mol. The molecule has 0 fully saturated rings. The Morgan fingerprint density at radius 3 is 2.64 bits per heavy atom. The first-order chi connectivity index (χ1) is 10.3. The van der Waals surface area contributed by atoms with Gasteiger partial charge < -0.3 is 15.4 Å². The number of guanidine groups is 1. The maximum Gasteiger partial charge on any atom is 0.305 e. The van der Waals surface area contributed by atoms with Gasteiger partial charge in [-0.05, 0) is 25.8 Å². The van der Waals surface area contributed by atoms with Crippen LogP contribution in [0, 0.1) is 0 Å². The van der Waals surface area contributed by atoms with Gasteiger partial charge >= 0.3 is 5.97 Å². The van der Waals surface area contributed by atoms with E-state index in [0.717, 1.165) is 31.9 Å². The van der Waals surface area contributed by atoms with Crippen molar-refractivity contribution in [3.63, 3.8) is 0 Å². The summed E-state index contributed by atoms with van der Waals surface area (Å²) in [5, 5.41) is 10.5. The number of aryl methyl sites for hydroxylation is 1. The lowest BCUT2D eigenvalue weighted by Crippen LogP contribution is -2.38. The summed E-state index contributed by atoms with van der Waals surface area (Å²) in [6, 6.07) is 1.91. The molecular formula is C14H26IN5O2. The van der Waals surface area contributed by atoms with Crippen molar-refractivity contribution in [2.24, 2.45) is 4.99 Å². The van der Waals surface area contributed by atoms with Crippen LogP contribution in [0.1, 0.15) is 26.2 Å². The average molecular weight is 423 g/mol. The number of halogens is 1. The minimum atomic E-state index is -0.151. The Kier molecular flexibility index (Phi) is 12.5. The predicted octanol–water partition coefficient (Wildman–Crippen LogP) is 1.40. The molecule has 1 aromatic rings. The average Bonchev–Trinajstić information content (AvgIpc) is 2.99. The van der Waals surface area contributed by atoms with Crippen LogP contribution in [0.3, 0.4) is 0 Å². The van der Waals surface area contributed by atoms with Crippen molar-refractivity contribution in [2.75, 3.05) is 26.7 Å². The van der Waals surface area contributed by atoms with Crippen LogP contribution in [0.5, 0.6) is 0 Å². The lowest BCUT2D eigenvalue weighted by Gasteiger charge is -2.11. The molecule has 0 saturated carbocycles. The normalized spacial score (nSPS) is 10.7. The zero-order valence-electron chi connectivity index (χ0n) is 13.2. The fourth-order valence-electron chi connectivity index (χ4n) is 1.77. The van der Waals surface area contributed by atoms with E-state index in [9.17, 15) is 4.79 Å². The Morgan fingerprint density at radius 2 is 2.05 bits per heavy atom. The molecule has 0 radical (unpaired) electrons. The van der Waals surface area contributed by atoms with Gasteiger partial charge in [0.2, 0.25) is 0 Å². The van der Waals surface area contributed by atoms with Crippen LogP contribution in [-0.2, 0) is 16.1 Å². The molecule has 0 amide bonds. The van der Waals surface area contributed by atoms with Crippen LogP contribution < -0.4 is 10.6 Å². The van der Waals surface area contributed by atoms with Gasteiger partial charge in [0, 0.05) is 45.5 Å². The van der Waals surface area contributed by atoms with Crippen molar-refractivity contribution in [1.82, 2.24) is 20.4 Å². The van der Waals surface area contributed by atoms with Crippen LogP contribution in [0.15, 0.2) is 23.5 Å². The molecule has 0 aliphatic carbocycles. The number of nitrogens with zero attached hydrogens (tertiary/aromatic N) is 3. The number of ether oxygens (including phenoxy) is 1. The molecule has 0 spiro atoms. The zero-order chi connectivity index (χ0) is 15.3. The van der Waals surface area contributed by atoms with Crippen molar-refractivity contribution >= 4 is 35.9 Å². The van der Waals surface area contributed by atoms with Crippen LogP contribution >= 0.6 is 24.0 Å². The maximum absolute atomic E-state index is 11.2. The third-order valence-electron chi connectivity index (χ3n) is 2.79. The lowest BCUT2D eigenvalue weighted by atomic mass is 10.3. The molecule has 0 atom stereocenters. The van der Waals surface area contributed by atoms with E-state index < -0.39 is 0 Å². The third kappa shape index (κ3) is 9.59. The van der Waals surface area contributed by atoms with Crippen molar-refractivity contribution in [3.8, 4) is 0 Å². The fourth-order valence-corrected chi connectivity index (χ4v) is 1.77. The smallest absolute Gasteiger partial charge is 0.305 e. The number of carbonyl (C=O) groups is 1. The highest BCUT2D eigenvalue weighted by Gasteiger charge is 2.02. The zero-order valence-corrected chi connectivity index (χ0v) is 15.6. The topological polar surface area (TPSA) is 80.5 Å². The summed E-state index contributed by atoms with van der Waals surface area (Å²) in [7, 11) is 1.73. The van der Waals surface area contributed by atoms with Crippen LogP contribution in [0.4, 0.5) is 0 Å². The Balaban J connectivity index is 0.00000441. The van der Waals surface area contributed by atoms with E-state index in [1.54, 1.807) is 13.2 Å². The van der Waals surface area contributed by atoms with Gasteiger partial charge in [0.1, 0.15) is 0 Å². The number of aliphatic imine (C=N–C) groups is 1. The van der Waals surface area contributed by atoms with Gasteiger partial charge in [-0.2, -0.15) is 5.10 Å². The molecule has 7 nitrogen and oxygen atoms in total. The Morgan fingerprint density at radius 1 is 1.32 bits per heavy atom. The van der Waals surface area contributed by atoms with Gasteiger partial charge in [0.15, 0.2) is 5.96 Å². The Bertz CT molecular complexity index is 423. The van der Waals surface area contributed by atoms with E-state index in [0.29, 0.717) is 19.6 Å². The van der Waals surface area contributed by atoms with E-state index in [-0.39, 0.29) is 29.9 Å². The molecule has 0 unspecified atom stereocenters. The second kappa shape index (κ2) is 13.4. The molecule has 8 heteroatoms. The van der Waals surface area contributed by atoms with Crippen LogP contribution in [-0.4, -0.2) is 48.5 Å². The first-order valence-corrected chi connectivity index (χ1v) is 7.33. The van der Waals surface area contributed by atoms with Crippen molar-refractivity contribution in [2.45, 2.75) is 32.7 Å². The van der Waals surface area contributed by atoms with Crippen molar-refractivity contribution < 1.29 is 9.53 Å². The standard InChI is InChI=1S/C14H25N5O2.HI/c1-3-21-13(20)7-4-8-16-14(15-2)17-9-5-11-19-12-6-10-18-19;/h6,10,12H,3-5,7-9,11H2,1-2H3,(H2,15,16,17);1H. The van der Waals surface area contributed by atoms with Gasteiger partial charge in [-0.1, -0.05) is 0 Å². The van der Waals surface area contributed by atoms with Crippen molar-refractivity contribution in [3.05, 3.63) is 18.5 Å². The molecule has 0 aromatic carbocycles. The third-order valence-corrected chi connectivity index (χ3v) is 2.79. The summed E-state index contributed by atoms with van der Waals surface area (Å²) in [5.41, 5.74) is 0. The molecule has 0 aliphatic rings. The molecule has 1 heterocycles. The SMILES string of the molecule is CCOC(=O)CCCNC(=NC)NCCCn1cccn1.I. The van der Waals surface area contributed by atoms with Gasteiger partial charge in [0.25, 0.3) is 0 Å². The molecule has 0 aliphatic heterocycles. The summed E-state index contributed by atoms with van der Waals surface area (Å²) in [5.74, 6) is 0.598. The highest BCUT2D eigenvalue weighted by Crippen LogP contribution is 1.91. The second-order valence-electron chi connectivity index (χ2n) is 4.46. The molecule has 2 N–H and O–H groups in total. The van der Waals surface area contributed by atoms with Gasteiger partial charge in [0.05, 0.1) is 6.61 Å². The number of carbonyl (C=O) groups excluding carboxylic acids is 1. The molecule has 22 heavy (non-hydrogen) atoms. The summed E-state index contributed by atoms with van der Waals surface area (Å²) < 4.78 is 6.77. The van der Waals surface area contributed by atoms with Gasteiger partial charge in [-0.3, -0.25) is 14.5 Å². The highest BCUT2D eigenvalue weighted by molar-refractivity contribution is 14.0. The van der Waals surface area contributed by atoms with Crippen LogP contribution in [0.2, 0.25) is 0 Å². The number of esters is 1. The summed E-state index contributed by atoms with van der Waals surface area (Å²) >= 11 is 0. The lowest BCUT2D eigenvalue weighted by molar-refractivity contribution is -0.143. The molecule has 126 valence electrons. The Labute approximate surface area is 148 Å². The minimum absolute atomic E-state index is 0. The second-order valence-corrected chi connectivity index (χ2v) is 4.46. The van der Waals surface area contributed by atoms with E-state index in [1.165, 1.54) is 0 Å². The van der Waals surface area contributed by atoms with Crippen molar-refractivity contribution in [1.29, 1.82) is 0 Å². The first kappa shape index (κ1) is 20.7. The molecule has 1 rings (SSSR count). The first-order valence-electron chi connectivity index (χ1n) is 7.33. The molecule has 0 saturated heterocycles. The van der Waals surface area contributed by atoms with E-state index in [4.69, 9.17) is 4.74 Å².